The van der Waals surface area contributed by atoms with Crippen LogP contribution in [-0.2, 0) is 14.3 Å². The molecule has 0 bridgehead atoms. The summed E-state index contributed by atoms with van der Waals surface area (Å²) in [6.45, 7) is 6.34. The molecule has 1 aromatic heterocycles. The minimum absolute atomic E-state index is 0.0378. The number of carbonyl (C=O) groups excluding carboxylic acids is 2. The van der Waals surface area contributed by atoms with E-state index in [2.05, 4.69) is 15.3 Å². The number of morpholine rings is 1. The maximum absolute atomic E-state index is 12.6. The molecule has 1 saturated heterocycles. The fourth-order valence-corrected chi connectivity index (χ4v) is 2.66. The zero-order chi connectivity index (χ0) is 18.4. The fourth-order valence-electron chi connectivity index (χ4n) is 2.49. The van der Waals surface area contributed by atoms with E-state index in [-0.39, 0.29) is 16.6 Å². The molecule has 1 aromatic rings. The van der Waals surface area contributed by atoms with Crippen molar-refractivity contribution in [3.8, 4) is 0 Å². The molecular formula is C16H23ClN4O4. The average molecular weight is 371 g/mol. The predicted octanol–water partition coefficient (Wildman–Crippen LogP) is 1.28. The molecule has 1 aliphatic rings. The highest BCUT2D eigenvalue weighted by atomic mass is 35.5. The molecule has 25 heavy (non-hydrogen) atoms. The number of nitrogens with one attached hydrogen (secondary N) is 1. The van der Waals surface area contributed by atoms with Gasteiger partial charge in [0.2, 0.25) is 5.95 Å². The summed E-state index contributed by atoms with van der Waals surface area (Å²) in [5.74, 6) is -0.413. The smallest absolute Gasteiger partial charge is 0.328 e. The van der Waals surface area contributed by atoms with Crippen LogP contribution in [0.15, 0.2) is 6.20 Å². The molecule has 0 aromatic carbocycles. The van der Waals surface area contributed by atoms with Crippen molar-refractivity contribution in [3.05, 3.63) is 16.9 Å². The number of methoxy groups -OCH3 is 1. The zero-order valence-corrected chi connectivity index (χ0v) is 15.4. The molecule has 0 radical (unpaired) electrons. The molecule has 8 nitrogen and oxygen atoms in total. The van der Waals surface area contributed by atoms with Gasteiger partial charge in [-0.25, -0.2) is 14.8 Å². The Morgan fingerprint density at radius 3 is 2.68 bits per heavy atom. The minimum atomic E-state index is -0.754. The lowest BCUT2D eigenvalue weighted by Crippen LogP contribution is -2.43. The molecule has 1 fully saturated rings. The fraction of sp³-hybridized carbons (Fsp3) is 0.625. The molecule has 0 spiro atoms. The van der Waals surface area contributed by atoms with Gasteiger partial charge in [-0.15, -0.1) is 0 Å². The molecule has 138 valence electrons. The van der Waals surface area contributed by atoms with E-state index in [9.17, 15) is 9.59 Å². The Kier molecular flexibility index (Phi) is 6.95. The van der Waals surface area contributed by atoms with E-state index in [0.29, 0.717) is 38.7 Å². The van der Waals surface area contributed by atoms with Crippen molar-refractivity contribution in [2.24, 2.45) is 5.92 Å². The van der Waals surface area contributed by atoms with Crippen molar-refractivity contribution in [1.29, 1.82) is 0 Å². The van der Waals surface area contributed by atoms with Crippen LogP contribution in [0.25, 0.3) is 0 Å². The highest BCUT2D eigenvalue weighted by Gasteiger charge is 2.26. The Bertz CT molecular complexity index is 620. The lowest BCUT2D eigenvalue weighted by molar-refractivity contribution is -0.143. The van der Waals surface area contributed by atoms with Gasteiger partial charge >= 0.3 is 5.97 Å². The Hall–Kier alpha value is -1.93. The summed E-state index contributed by atoms with van der Waals surface area (Å²) < 4.78 is 10.1. The van der Waals surface area contributed by atoms with Gasteiger partial charge in [0.15, 0.2) is 5.69 Å². The van der Waals surface area contributed by atoms with Gasteiger partial charge < -0.3 is 19.7 Å². The summed E-state index contributed by atoms with van der Waals surface area (Å²) in [6.07, 6.45) is 1.85. The second-order valence-corrected chi connectivity index (χ2v) is 6.55. The highest BCUT2D eigenvalue weighted by molar-refractivity contribution is 6.33. The normalized spacial score (nSPS) is 15.8. The molecule has 1 aliphatic heterocycles. The van der Waals surface area contributed by atoms with E-state index in [1.807, 2.05) is 18.7 Å². The molecular weight excluding hydrogens is 348 g/mol. The van der Waals surface area contributed by atoms with Gasteiger partial charge in [-0.2, -0.15) is 0 Å². The molecule has 1 amide bonds. The number of amides is 1. The van der Waals surface area contributed by atoms with Gasteiger partial charge in [-0.05, 0) is 12.3 Å². The first-order valence-corrected chi connectivity index (χ1v) is 8.54. The van der Waals surface area contributed by atoms with Crippen LogP contribution in [0, 0.1) is 5.92 Å². The van der Waals surface area contributed by atoms with E-state index < -0.39 is 17.9 Å². The van der Waals surface area contributed by atoms with Crippen molar-refractivity contribution < 1.29 is 19.1 Å². The number of ether oxygens (including phenoxy) is 2. The van der Waals surface area contributed by atoms with Crippen molar-refractivity contribution in [1.82, 2.24) is 15.3 Å². The summed E-state index contributed by atoms with van der Waals surface area (Å²) >= 11 is 6.09. The van der Waals surface area contributed by atoms with E-state index >= 15 is 0 Å². The summed E-state index contributed by atoms with van der Waals surface area (Å²) in [7, 11) is 1.29. The first-order chi connectivity index (χ1) is 11.9. The van der Waals surface area contributed by atoms with E-state index in [0.717, 1.165) is 0 Å². The Labute approximate surface area is 151 Å². The van der Waals surface area contributed by atoms with Crippen LogP contribution in [0.4, 0.5) is 5.95 Å². The lowest BCUT2D eigenvalue weighted by Gasteiger charge is -2.27. The topological polar surface area (TPSA) is 93.6 Å². The second-order valence-electron chi connectivity index (χ2n) is 6.14. The Morgan fingerprint density at radius 2 is 2.08 bits per heavy atom. The number of hydrogen-bond donors (Lipinski definition) is 1. The zero-order valence-electron chi connectivity index (χ0n) is 14.6. The van der Waals surface area contributed by atoms with Crippen molar-refractivity contribution in [3.63, 3.8) is 0 Å². The number of esters is 1. The number of anilines is 1. The average Bonchev–Trinajstić information content (AvgIpc) is 2.61. The SMILES string of the molecule is COC(=O)[C@H](CC(C)C)NC(=O)c1nc(N2CCOCC2)ncc1Cl. The summed E-state index contributed by atoms with van der Waals surface area (Å²) in [4.78, 5) is 34.8. The molecule has 1 atom stereocenters. The number of rotatable bonds is 6. The Morgan fingerprint density at radius 1 is 1.40 bits per heavy atom. The number of hydrogen-bond acceptors (Lipinski definition) is 7. The van der Waals surface area contributed by atoms with E-state index in [1.54, 1.807) is 0 Å². The molecule has 1 N–H and O–H groups in total. The first-order valence-electron chi connectivity index (χ1n) is 8.16. The van der Waals surface area contributed by atoms with Gasteiger partial charge in [-0.1, -0.05) is 25.4 Å². The third-order valence-electron chi connectivity index (χ3n) is 3.74. The molecule has 2 rings (SSSR count). The predicted molar refractivity (Wildman–Crippen MR) is 92.8 cm³/mol. The van der Waals surface area contributed by atoms with Crippen LogP contribution < -0.4 is 10.2 Å². The van der Waals surface area contributed by atoms with Gasteiger partial charge in [0.25, 0.3) is 5.91 Å². The van der Waals surface area contributed by atoms with Crippen LogP contribution in [-0.4, -0.2) is 61.3 Å². The highest BCUT2D eigenvalue weighted by Crippen LogP contribution is 2.18. The number of aromatic nitrogens is 2. The van der Waals surface area contributed by atoms with Gasteiger partial charge in [0, 0.05) is 13.1 Å². The summed E-state index contributed by atoms with van der Waals surface area (Å²) in [5.41, 5.74) is 0.0378. The van der Waals surface area contributed by atoms with Crippen molar-refractivity contribution in [2.75, 3.05) is 38.3 Å². The molecule has 0 aliphatic carbocycles. The third kappa shape index (κ3) is 5.27. The van der Waals surface area contributed by atoms with Crippen LogP contribution in [0.2, 0.25) is 5.02 Å². The third-order valence-corrected chi connectivity index (χ3v) is 4.02. The van der Waals surface area contributed by atoms with Crippen LogP contribution >= 0.6 is 11.6 Å². The van der Waals surface area contributed by atoms with Crippen LogP contribution in [0.1, 0.15) is 30.8 Å². The van der Waals surface area contributed by atoms with Crippen molar-refractivity contribution >= 4 is 29.4 Å². The van der Waals surface area contributed by atoms with Crippen molar-refractivity contribution in [2.45, 2.75) is 26.3 Å². The summed E-state index contributed by atoms with van der Waals surface area (Å²) in [5, 5.41) is 2.78. The standard InChI is InChI=1S/C16H23ClN4O4/c1-10(2)8-12(15(23)24-3)19-14(22)13-11(17)9-18-16(20-13)21-4-6-25-7-5-21/h9-10,12H,4-8H2,1-3H3,(H,19,22)/t12-/m0/s1. The molecule has 9 heteroatoms. The molecule has 2 heterocycles. The summed E-state index contributed by atoms with van der Waals surface area (Å²) in [6, 6.07) is -0.754. The minimum Gasteiger partial charge on any atom is -0.467 e. The number of nitrogens with zero attached hydrogens (tertiary/aromatic N) is 3. The van der Waals surface area contributed by atoms with E-state index in [4.69, 9.17) is 21.1 Å². The van der Waals surface area contributed by atoms with Gasteiger partial charge in [0.1, 0.15) is 6.04 Å². The van der Waals surface area contributed by atoms with Gasteiger partial charge in [0.05, 0.1) is 31.5 Å². The van der Waals surface area contributed by atoms with Crippen LogP contribution in [0.3, 0.4) is 0 Å². The molecule has 0 unspecified atom stereocenters. The lowest BCUT2D eigenvalue weighted by atomic mass is 10.0. The van der Waals surface area contributed by atoms with E-state index in [1.165, 1.54) is 13.3 Å². The van der Waals surface area contributed by atoms with Gasteiger partial charge in [-0.3, -0.25) is 4.79 Å². The Balaban J connectivity index is 2.17. The second kappa shape index (κ2) is 8.96. The number of halogens is 1. The first kappa shape index (κ1) is 19.4. The monoisotopic (exact) mass is 370 g/mol. The quantitative estimate of drug-likeness (QED) is 0.754. The maximum atomic E-state index is 12.6. The number of carbonyl (C=O) groups is 2. The molecule has 0 saturated carbocycles. The largest absolute Gasteiger partial charge is 0.467 e. The maximum Gasteiger partial charge on any atom is 0.328 e. The van der Waals surface area contributed by atoms with Crippen LogP contribution in [0.5, 0.6) is 0 Å².